The van der Waals surface area contributed by atoms with Crippen LogP contribution in [0.4, 0.5) is 0 Å². The van der Waals surface area contributed by atoms with Crippen LogP contribution >= 0.6 is 7.92 Å². The van der Waals surface area contributed by atoms with Gasteiger partial charge in [-0.2, -0.15) is 0 Å². The zero-order valence-corrected chi connectivity index (χ0v) is 38.8. The third-order valence-electron chi connectivity index (χ3n) is 11.6. The van der Waals surface area contributed by atoms with Gasteiger partial charge in [-0.05, 0) is 79.5 Å². The molecule has 0 N–H and O–H groups in total. The van der Waals surface area contributed by atoms with E-state index in [0.29, 0.717) is 0 Å². The smallest absolute Gasteiger partial charge is 0.119 e. The van der Waals surface area contributed by atoms with Crippen LogP contribution < -0.4 is 30.1 Å². The second-order valence-corrected chi connectivity index (χ2v) is 19.1. The summed E-state index contributed by atoms with van der Waals surface area (Å²) >= 11 is 0. The van der Waals surface area contributed by atoms with Gasteiger partial charge in [0.2, 0.25) is 0 Å². The molecule has 0 amide bonds. The van der Waals surface area contributed by atoms with E-state index in [2.05, 4.69) is 93.6 Å². The monoisotopic (exact) mass is 815 g/mol. The van der Waals surface area contributed by atoms with E-state index in [1.807, 2.05) is 0 Å². The van der Waals surface area contributed by atoms with E-state index in [0.717, 1.165) is 56.3 Å². The Hall–Kier alpha value is -2.51. The summed E-state index contributed by atoms with van der Waals surface area (Å²) in [5.41, 5.74) is 0. The molecule has 0 saturated heterocycles. The third-order valence-corrected chi connectivity index (χ3v) is 14.0. The molecule has 0 unspecified atom stereocenters. The summed E-state index contributed by atoms with van der Waals surface area (Å²) in [5.74, 6) is 2.92. The minimum atomic E-state index is -0.740. The summed E-state index contributed by atoms with van der Waals surface area (Å²) in [6.45, 7) is 9.26. The highest BCUT2D eigenvalue weighted by atomic mass is 31.1. The summed E-state index contributed by atoms with van der Waals surface area (Å²) in [4.78, 5) is 0. The molecule has 0 bridgehead atoms. The maximum atomic E-state index is 6.21. The van der Waals surface area contributed by atoms with E-state index in [4.69, 9.17) is 14.2 Å². The van der Waals surface area contributed by atoms with Crippen LogP contribution in [0, 0.1) is 0 Å². The molecule has 58 heavy (non-hydrogen) atoms. The molecule has 0 heterocycles. The lowest BCUT2D eigenvalue weighted by Gasteiger charge is -2.20. The fraction of sp³-hybridized carbons (Fsp3) is 0.667. The van der Waals surface area contributed by atoms with Crippen molar-refractivity contribution in [3.63, 3.8) is 0 Å². The molecule has 0 aliphatic carbocycles. The maximum absolute atomic E-state index is 6.21. The molecule has 4 heteroatoms. The Morgan fingerprint density at radius 2 is 0.448 bits per heavy atom. The van der Waals surface area contributed by atoms with Crippen molar-refractivity contribution in [2.75, 3.05) is 19.8 Å². The van der Waals surface area contributed by atoms with E-state index < -0.39 is 7.92 Å². The largest absolute Gasteiger partial charge is 0.494 e. The van der Waals surface area contributed by atoms with Gasteiger partial charge in [0, 0.05) is 0 Å². The van der Waals surface area contributed by atoms with E-state index in [9.17, 15) is 0 Å². The van der Waals surface area contributed by atoms with Crippen LogP contribution in [-0.2, 0) is 0 Å². The maximum Gasteiger partial charge on any atom is 0.119 e. The molecule has 0 spiro atoms. The van der Waals surface area contributed by atoms with Crippen molar-refractivity contribution >= 4 is 23.8 Å². The van der Waals surface area contributed by atoms with Crippen LogP contribution in [0.3, 0.4) is 0 Å². The van der Waals surface area contributed by atoms with Gasteiger partial charge in [0.25, 0.3) is 0 Å². The van der Waals surface area contributed by atoms with Crippen molar-refractivity contribution in [2.45, 2.75) is 213 Å². The van der Waals surface area contributed by atoms with E-state index in [1.54, 1.807) is 0 Å². The highest BCUT2D eigenvalue weighted by molar-refractivity contribution is 7.79. The molecule has 3 aromatic carbocycles. The Morgan fingerprint density at radius 1 is 0.259 bits per heavy atom. The molecule has 3 nitrogen and oxygen atoms in total. The minimum Gasteiger partial charge on any atom is -0.494 e. The van der Waals surface area contributed by atoms with Crippen LogP contribution in [0.1, 0.15) is 213 Å². The number of benzene rings is 3. The number of rotatable bonds is 39. The Labute approximate surface area is 360 Å². The molecule has 326 valence electrons. The van der Waals surface area contributed by atoms with Crippen molar-refractivity contribution < 1.29 is 14.2 Å². The van der Waals surface area contributed by atoms with Gasteiger partial charge in [0.05, 0.1) is 19.8 Å². The predicted molar refractivity (Wildman–Crippen MR) is 257 cm³/mol. The molecule has 0 aliphatic rings. The molecule has 0 radical (unpaired) electrons. The topological polar surface area (TPSA) is 27.7 Å². The number of unbranched alkanes of at least 4 members (excludes halogenated alkanes) is 27. The Kier molecular flexibility index (Phi) is 30.3. The molecule has 0 atom stereocenters. The SMILES string of the molecule is CCCCCCCCCCCCOc1ccc(P(c2ccc(OCCCCCCCCCCCC)cc2)c2ccc(OCCCCCCCCCCCC)cc2)cc1. The predicted octanol–water partition coefficient (Wildman–Crippen LogP) is 16.3. The lowest BCUT2D eigenvalue weighted by Crippen LogP contribution is -2.20. The second kappa shape index (κ2) is 35.3. The van der Waals surface area contributed by atoms with Gasteiger partial charge in [0.1, 0.15) is 17.2 Å². The van der Waals surface area contributed by atoms with Gasteiger partial charge in [-0.25, -0.2) is 0 Å². The van der Waals surface area contributed by atoms with Gasteiger partial charge >= 0.3 is 0 Å². The number of hydrogen-bond donors (Lipinski definition) is 0. The molecular formula is C54H87O3P. The minimum absolute atomic E-state index is 0.740. The first kappa shape index (κ1) is 49.8. The van der Waals surface area contributed by atoms with Crippen LogP contribution in [0.25, 0.3) is 0 Å². The summed E-state index contributed by atoms with van der Waals surface area (Å²) in [6.07, 6.45) is 40.2. The quantitative estimate of drug-likeness (QED) is 0.0424. The molecule has 0 aromatic heterocycles. The van der Waals surface area contributed by atoms with Crippen molar-refractivity contribution in [1.82, 2.24) is 0 Å². The Balaban J connectivity index is 1.49. The van der Waals surface area contributed by atoms with Crippen molar-refractivity contribution in [2.24, 2.45) is 0 Å². The first-order valence-corrected chi connectivity index (χ1v) is 26.1. The van der Waals surface area contributed by atoms with Gasteiger partial charge in [0.15, 0.2) is 0 Å². The second-order valence-electron chi connectivity index (χ2n) is 16.9. The Bertz CT molecular complexity index is 1160. The zero-order chi connectivity index (χ0) is 41.0. The van der Waals surface area contributed by atoms with Crippen molar-refractivity contribution in [1.29, 1.82) is 0 Å². The average Bonchev–Trinajstić information content (AvgIpc) is 3.25. The normalized spacial score (nSPS) is 11.4. The zero-order valence-electron chi connectivity index (χ0n) is 37.9. The lowest BCUT2D eigenvalue weighted by atomic mass is 10.1. The standard InChI is InChI=1S/C54H87O3P/c1-4-7-10-13-16-19-22-25-28-31-46-55-49-34-40-52(41-35-49)58(53-42-36-50(37-43-53)56-47-32-29-26-23-20-17-14-11-8-5-2)54-44-38-51(39-45-54)57-48-33-30-27-24-21-18-15-12-9-6-3/h34-45H,4-33,46-48H2,1-3H3. The highest BCUT2D eigenvalue weighted by Gasteiger charge is 2.17. The van der Waals surface area contributed by atoms with E-state index in [1.165, 1.54) is 189 Å². The molecule has 0 saturated carbocycles. The van der Waals surface area contributed by atoms with E-state index in [-0.39, 0.29) is 0 Å². The molecule has 3 rings (SSSR count). The highest BCUT2D eigenvalue weighted by Crippen LogP contribution is 2.35. The number of hydrogen-bond acceptors (Lipinski definition) is 3. The van der Waals surface area contributed by atoms with Crippen LogP contribution in [0.2, 0.25) is 0 Å². The first-order valence-electron chi connectivity index (χ1n) is 24.7. The molecule has 3 aromatic rings. The fourth-order valence-corrected chi connectivity index (χ4v) is 10.1. The summed E-state index contributed by atoms with van der Waals surface area (Å²) in [7, 11) is -0.740. The van der Waals surface area contributed by atoms with Crippen molar-refractivity contribution in [3.8, 4) is 17.2 Å². The summed E-state index contributed by atoms with van der Waals surface area (Å²) < 4.78 is 18.6. The van der Waals surface area contributed by atoms with E-state index >= 15 is 0 Å². The summed E-state index contributed by atoms with van der Waals surface area (Å²) in [6, 6.07) is 26.7. The van der Waals surface area contributed by atoms with Gasteiger partial charge < -0.3 is 14.2 Å². The van der Waals surface area contributed by atoms with Crippen LogP contribution in [-0.4, -0.2) is 19.8 Å². The molecule has 0 fully saturated rings. The van der Waals surface area contributed by atoms with Gasteiger partial charge in [-0.15, -0.1) is 0 Å². The van der Waals surface area contributed by atoms with Crippen LogP contribution in [0.15, 0.2) is 72.8 Å². The third kappa shape index (κ3) is 23.9. The number of ether oxygens (including phenoxy) is 3. The summed E-state index contributed by atoms with van der Waals surface area (Å²) in [5, 5.41) is 4.00. The lowest BCUT2D eigenvalue weighted by molar-refractivity contribution is 0.304. The first-order chi connectivity index (χ1) is 28.7. The molecule has 0 aliphatic heterocycles. The molecular weight excluding hydrogens is 728 g/mol. The Morgan fingerprint density at radius 3 is 0.655 bits per heavy atom. The van der Waals surface area contributed by atoms with Gasteiger partial charge in [-0.3, -0.25) is 0 Å². The van der Waals surface area contributed by atoms with Crippen molar-refractivity contribution in [3.05, 3.63) is 72.8 Å². The van der Waals surface area contributed by atoms with Crippen LogP contribution in [0.5, 0.6) is 17.2 Å². The fourth-order valence-electron chi connectivity index (χ4n) is 7.86. The average molecular weight is 815 g/mol. The van der Waals surface area contributed by atoms with Gasteiger partial charge in [-0.1, -0.05) is 231 Å².